The molecule has 1 aromatic rings. The lowest BCUT2D eigenvalue weighted by Gasteiger charge is -2.19. The Kier molecular flexibility index (Phi) is 3.46. The minimum atomic E-state index is -1.21. The zero-order valence-corrected chi connectivity index (χ0v) is 9.18. The van der Waals surface area contributed by atoms with Gasteiger partial charge in [0.25, 0.3) is 5.91 Å². The van der Waals surface area contributed by atoms with Crippen molar-refractivity contribution >= 4 is 11.6 Å². The fourth-order valence-corrected chi connectivity index (χ4v) is 1.45. The van der Waals surface area contributed by atoms with E-state index in [1.54, 1.807) is 18.2 Å². The number of carbonyl (C=O) groups excluding carboxylic acids is 1. The Balaban J connectivity index is 2.09. The first kappa shape index (κ1) is 11.7. The maximum Gasteiger partial charge on any atom is 0.254 e. The van der Waals surface area contributed by atoms with Crippen LogP contribution in [0.1, 0.15) is 0 Å². The monoisotopic (exact) mass is 238 g/mol. The lowest BCUT2D eigenvalue weighted by Crippen LogP contribution is -2.34. The van der Waals surface area contributed by atoms with Crippen molar-refractivity contribution in [3.8, 4) is 11.5 Å². The molecule has 92 valence electrons. The molecule has 0 spiro atoms. The number of carbonyl (C=O) groups is 1. The van der Waals surface area contributed by atoms with E-state index in [-0.39, 0.29) is 6.54 Å². The summed E-state index contributed by atoms with van der Waals surface area (Å²) in [5.41, 5.74) is 5.72. The normalized spacial score (nSPS) is 15.2. The first-order valence-corrected chi connectivity index (χ1v) is 5.29. The van der Waals surface area contributed by atoms with Crippen LogP contribution in [0.3, 0.4) is 0 Å². The molecule has 4 N–H and O–H groups in total. The zero-order chi connectivity index (χ0) is 12.3. The standard InChI is InChI=1S/C11H14N2O4/c12-6-8(14)11(15)13-7-1-2-9-10(5-7)17-4-3-16-9/h1-2,5,8,14H,3-4,6,12H2,(H,13,15). The number of aliphatic hydroxyl groups is 1. The van der Waals surface area contributed by atoms with Gasteiger partial charge in [0.1, 0.15) is 19.3 Å². The van der Waals surface area contributed by atoms with Gasteiger partial charge in [0.2, 0.25) is 0 Å². The van der Waals surface area contributed by atoms with Crippen LogP contribution in [0.4, 0.5) is 5.69 Å². The molecule has 0 aliphatic carbocycles. The minimum absolute atomic E-state index is 0.115. The van der Waals surface area contributed by atoms with Gasteiger partial charge >= 0.3 is 0 Å². The first-order chi connectivity index (χ1) is 8.20. The Hall–Kier alpha value is -1.79. The number of rotatable bonds is 3. The van der Waals surface area contributed by atoms with Crippen molar-refractivity contribution < 1.29 is 19.4 Å². The van der Waals surface area contributed by atoms with E-state index in [4.69, 9.17) is 15.2 Å². The summed E-state index contributed by atoms with van der Waals surface area (Å²) in [5, 5.41) is 11.8. The molecule has 1 amide bonds. The van der Waals surface area contributed by atoms with Crippen molar-refractivity contribution in [2.45, 2.75) is 6.10 Å². The fraction of sp³-hybridized carbons (Fsp3) is 0.364. The highest BCUT2D eigenvalue weighted by molar-refractivity contribution is 5.94. The Morgan fingerprint density at radius 3 is 2.82 bits per heavy atom. The summed E-state index contributed by atoms with van der Waals surface area (Å²) < 4.78 is 10.7. The largest absolute Gasteiger partial charge is 0.486 e. The molecule has 0 bridgehead atoms. The molecule has 2 rings (SSSR count). The molecule has 0 fully saturated rings. The number of anilines is 1. The third-order valence-electron chi connectivity index (χ3n) is 2.34. The Bertz CT molecular complexity index is 422. The quantitative estimate of drug-likeness (QED) is 0.673. The molecule has 1 unspecified atom stereocenters. The SMILES string of the molecule is NCC(O)C(=O)Nc1ccc2c(c1)OCCO2. The second-order valence-corrected chi connectivity index (χ2v) is 3.60. The van der Waals surface area contributed by atoms with Crippen molar-refractivity contribution in [2.24, 2.45) is 5.73 Å². The van der Waals surface area contributed by atoms with E-state index >= 15 is 0 Å². The highest BCUT2D eigenvalue weighted by Gasteiger charge is 2.15. The van der Waals surface area contributed by atoms with Gasteiger partial charge in [-0.15, -0.1) is 0 Å². The van der Waals surface area contributed by atoms with Gasteiger partial charge in [0, 0.05) is 18.3 Å². The van der Waals surface area contributed by atoms with Crippen LogP contribution in [0.15, 0.2) is 18.2 Å². The molecule has 0 saturated carbocycles. The van der Waals surface area contributed by atoms with Crippen LogP contribution in [0.25, 0.3) is 0 Å². The van der Waals surface area contributed by atoms with E-state index < -0.39 is 12.0 Å². The average molecular weight is 238 g/mol. The van der Waals surface area contributed by atoms with Crippen LogP contribution in [0.2, 0.25) is 0 Å². The molecule has 1 aliphatic rings. The minimum Gasteiger partial charge on any atom is -0.486 e. The van der Waals surface area contributed by atoms with Gasteiger partial charge in [-0.05, 0) is 12.1 Å². The Morgan fingerprint density at radius 1 is 1.41 bits per heavy atom. The number of hydrogen-bond acceptors (Lipinski definition) is 5. The van der Waals surface area contributed by atoms with Gasteiger partial charge in [-0.3, -0.25) is 4.79 Å². The third-order valence-corrected chi connectivity index (χ3v) is 2.34. The fourth-order valence-electron chi connectivity index (χ4n) is 1.45. The van der Waals surface area contributed by atoms with Gasteiger partial charge in [-0.1, -0.05) is 0 Å². The molecule has 1 atom stereocenters. The van der Waals surface area contributed by atoms with Crippen LogP contribution in [0, 0.1) is 0 Å². The Labute approximate surface area is 98.3 Å². The topological polar surface area (TPSA) is 93.8 Å². The van der Waals surface area contributed by atoms with Crippen molar-refractivity contribution in [1.82, 2.24) is 0 Å². The molecular weight excluding hydrogens is 224 g/mol. The highest BCUT2D eigenvalue weighted by atomic mass is 16.6. The van der Waals surface area contributed by atoms with Gasteiger partial charge in [-0.25, -0.2) is 0 Å². The summed E-state index contributed by atoms with van der Waals surface area (Å²) in [6, 6.07) is 5.03. The van der Waals surface area contributed by atoms with Crippen molar-refractivity contribution in [3.63, 3.8) is 0 Å². The van der Waals surface area contributed by atoms with Crippen LogP contribution in [-0.2, 0) is 4.79 Å². The third kappa shape index (κ3) is 2.66. The van der Waals surface area contributed by atoms with E-state index in [0.29, 0.717) is 30.4 Å². The van der Waals surface area contributed by atoms with Crippen molar-refractivity contribution in [1.29, 1.82) is 0 Å². The van der Waals surface area contributed by atoms with E-state index in [0.717, 1.165) is 0 Å². The number of amides is 1. The summed E-state index contributed by atoms with van der Waals surface area (Å²) in [4.78, 5) is 11.4. The lowest BCUT2D eigenvalue weighted by atomic mass is 10.2. The molecule has 1 aromatic carbocycles. The molecule has 17 heavy (non-hydrogen) atoms. The summed E-state index contributed by atoms with van der Waals surface area (Å²) in [6.07, 6.45) is -1.21. The second kappa shape index (κ2) is 5.03. The second-order valence-electron chi connectivity index (χ2n) is 3.60. The number of fused-ring (bicyclic) bond motifs is 1. The van der Waals surface area contributed by atoms with E-state index in [1.807, 2.05) is 0 Å². The zero-order valence-electron chi connectivity index (χ0n) is 9.18. The molecule has 1 heterocycles. The Morgan fingerprint density at radius 2 is 2.12 bits per heavy atom. The molecule has 6 nitrogen and oxygen atoms in total. The van der Waals surface area contributed by atoms with E-state index in [2.05, 4.69) is 5.32 Å². The maximum absolute atomic E-state index is 11.4. The van der Waals surface area contributed by atoms with Crippen LogP contribution in [0.5, 0.6) is 11.5 Å². The lowest BCUT2D eigenvalue weighted by molar-refractivity contribution is -0.123. The highest BCUT2D eigenvalue weighted by Crippen LogP contribution is 2.32. The van der Waals surface area contributed by atoms with E-state index in [9.17, 15) is 9.90 Å². The molecule has 1 aliphatic heterocycles. The van der Waals surface area contributed by atoms with Gasteiger partial charge in [0.15, 0.2) is 11.5 Å². The summed E-state index contributed by atoms with van der Waals surface area (Å²) in [7, 11) is 0. The maximum atomic E-state index is 11.4. The molecule has 0 radical (unpaired) electrons. The average Bonchev–Trinajstić information content (AvgIpc) is 2.37. The number of hydrogen-bond donors (Lipinski definition) is 3. The number of ether oxygens (including phenoxy) is 2. The predicted octanol–water partition coefficient (Wildman–Crippen LogP) is -0.284. The predicted molar refractivity (Wildman–Crippen MR) is 61.1 cm³/mol. The summed E-state index contributed by atoms with van der Waals surface area (Å²) in [5.74, 6) is 0.689. The molecular formula is C11H14N2O4. The molecule has 6 heteroatoms. The van der Waals surface area contributed by atoms with Gasteiger partial charge in [-0.2, -0.15) is 0 Å². The van der Waals surface area contributed by atoms with Crippen LogP contribution < -0.4 is 20.5 Å². The smallest absolute Gasteiger partial charge is 0.254 e. The molecule has 0 saturated heterocycles. The van der Waals surface area contributed by atoms with E-state index in [1.165, 1.54) is 0 Å². The van der Waals surface area contributed by atoms with Gasteiger partial charge < -0.3 is 25.6 Å². The van der Waals surface area contributed by atoms with Crippen LogP contribution >= 0.6 is 0 Å². The number of nitrogens with one attached hydrogen (secondary N) is 1. The molecule has 0 aromatic heterocycles. The number of aliphatic hydroxyl groups excluding tert-OH is 1. The summed E-state index contributed by atoms with van der Waals surface area (Å²) >= 11 is 0. The first-order valence-electron chi connectivity index (χ1n) is 5.29. The van der Waals surface area contributed by atoms with Crippen molar-refractivity contribution in [2.75, 3.05) is 25.1 Å². The number of nitrogens with two attached hydrogens (primary N) is 1. The van der Waals surface area contributed by atoms with Gasteiger partial charge in [0.05, 0.1) is 0 Å². The van der Waals surface area contributed by atoms with Crippen molar-refractivity contribution in [3.05, 3.63) is 18.2 Å². The number of benzene rings is 1. The summed E-state index contributed by atoms with van der Waals surface area (Å²) in [6.45, 7) is 0.886. The van der Waals surface area contributed by atoms with Crippen LogP contribution in [-0.4, -0.2) is 36.9 Å².